The van der Waals surface area contributed by atoms with E-state index in [0.29, 0.717) is 30.9 Å². The molecule has 2 saturated heterocycles. The molecule has 2 fully saturated rings. The van der Waals surface area contributed by atoms with Crippen molar-refractivity contribution in [2.45, 2.75) is 114 Å². The van der Waals surface area contributed by atoms with E-state index < -0.39 is 96.5 Å². The predicted octanol–water partition coefficient (Wildman–Crippen LogP) is 2.62. The van der Waals surface area contributed by atoms with Gasteiger partial charge in [0.05, 0.1) is 45.4 Å². The van der Waals surface area contributed by atoms with Crippen LogP contribution in [0, 0.1) is 0 Å². The number of alkyl carbamates (subject to hydrolysis) is 1. The summed E-state index contributed by atoms with van der Waals surface area (Å²) in [5.74, 6) is -3.50. The van der Waals surface area contributed by atoms with Crippen LogP contribution in [0.3, 0.4) is 0 Å². The van der Waals surface area contributed by atoms with Crippen LogP contribution in [0.2, 0.25) is 5.02 Å². The first kappa shape index (κ1) is 57.7. The number of hydrazine groups is 1. The number of nitrogens with one attached hydrogen (secondary N) is 5. The number of hydrogen-bond donors (Lipinski definition) is 6. The van der Waals surface area contributed by atoms with Gasteiger partial charge in [-0.1, -0.05) is 53.6 Å². The van der Waals surface area contributed by atoms with Gasteiger partial charge in [-0.15, -0.1) is 0 Å². The van der Waals surface area contributed by atoms with Crippen molar-refractivity contribution in [2.75, 3.05) is 66.9 Å². The molecule has 6 bridgehead atoms. The number of allylic oxidation sites excluding steroid dienone is 3. The van der Waals surface area contributed by atoms with Gasteiger partial charge in [0, 0.05) is 65.3 Å². The topological polar surface area (TPSA) is 261 Å². The van der Waals surface area contributed by atoms with Crippen LogP contribution in [-0.4, -0.2) is 165 Å². The number of para-hydroxylation sites is 1. The summed E-state index contributed by atoms with van der Waals surface area (Å²) in [5, 5.41) is 24.9. The largest absolute Gasteiger partial charge is 0.495 e. The molecule has 6 amide bonds. The van der Waals surface area contributed by atoms with Crippen LogP contribution < -0.4 is 36.3 Å². The van der Waals surface area contributed by atoms with Crippen molar-refractivity contribution in [1.82, 2.24) is 41.2 Å². The molecular formula is C52H70ClN9O13. The van der Waals surface area contributed by atoms with Crippen molar-refractivity contribution >= 4 is 69.8 Å². The van der Waals surface area contributed by atoms with Crippen LogP contribution in [0.4, 0.5) is 10.5 Å². The highest BCUT2D eigenvalue weighted by molar-refractivity contribution is 6.35. The van der Waals surface area contributed by atoms with E-state index in [-0.39, 0.29) is 36.7 Å². The fourth-order valence-corrected chi connectivity index (χ4v) is 9.89. The van der Waals surface area contributed by atoms with E-state index >= 15 is 0 Å². The third kappa shape index (κ3) is 13.8. The molecule has 22 nitrogen and oxygen atoms in total. The molecule has 0 aliphatic carbocycles. The van der Waals surface area contributed by atoms with Gasteiger partial charge >= 0.3 is 12.1 Å². The first-order valence-corrected chi connectivity index (χ1v) is 24.9. The minimum atomic E-state index is -1.92. The fourth-order valence-electron chi connectivity index (χ4n) is 9.58. The zero-order chi connectivity index (χ0) is 55.0. The number of hydrogen-bond acceptors (Lipinski definition) is 15. The SMILES string of the molecule is CNN(C)Cc1cc2ccccc2n1CCC(=O)NCC(=O)NCC(=O)NCC(=O)N(C)[C@@H](C)C(=O)O[C@H]1CC(=O)N(C)c2cc(cc(OC)c2Cl)C/C(C)=C/C=C/[C@@H](OC)[C@@]2(O)C[C@H](OC(=O)N2)C2(C)C[C@@]1(C)O2. The van der Waals surface area contributed by atoms with Gasteiger partial charge in [0.2, 0.25) is 29.5 Å². The number of esters is 1. The lowest BCUT2D eigenvalue weighted by molar-refractivity contribution is -0.328. The molecule has 3 aromatic rings. The molecule has 7 atom stereocenters. The van der Waals surface area contributed by atoms with Crippen LogP contribution in [0.1, 0.15) is 64.6 Å². The number of ether oxygens (including phenoxy) is 5. The number of anilines is 1. The summed E-state index contributed by atoms with van der Waals surface area (Å²) < 4.78 is 31.6. The van der Waals surface area contributed by atoms with E-state index in [4.69, 9.17) is 35.3 Å². The molecule has 1 unspecified atom stereocenters. The van der Waals surface area contributed by atoms with E-state index in [2.05, 4.69) is 37.3 Å². The fraction of sp³-hybridized carbons (Fsp3) is 0.519. The van der Waals surface area contributed by atoms with E-state index in [1.807, 2.05) is 56.4 Å². The Morgan fingerprint density at radius 2 is 1.65 bits per heavy atom. The number of fused-ring (bicyclic) bond motifs is 7. The number of rotatable bonds is 17. The van der Waals surface area contributed by atoms with E-state index in [9.17, 15) is 38.7 Å². The second-order valence-electron chi connectivity index (χ2n) is 19.7. The number of nitrogens with zero attached hydrogens (tertiary/aromatic N) is 4. The maximum atomic E-state index is 14.3. The normalized spacial score (nSPS) is 25.4. The molecule has 408 valence electrons. The van der Waals surface area contributed by atoms with Crippen molar-refractivity contribution in [1.29, 1.82) is 0 Å². The summed E-state index contributed by atoms with van der Waals surface area (Å²) in [4.78, 5) is 95.3. The van der Waals surface area contributed by atoms with Crippen molar-refractivity contribution in [3.63, 3.8) is 0 Å². The Bertz CT molecular complexity index is 2700. The molecule has 23 heteroatoms. The second kappa shape index (κ2) is 24.4. The van der Waals surface area contributed by atoms with Gasteiger partial charge in [0.15, 0.2) is 5.72 Å². The van der Waals surface area contributed by atoms with Crippen LogP contribution >= 0.6 is 11.6 Å². The molecule has 7 rings (SSSR count). The number of likely N-dealkylation sites (N-methyl/N-ethyl adjacent to an activating group) is 1. The van der Waals surface area contributed by atoms with Crippen molar-refractivity contribution < 1.29 is 62.4 Å². The first-order chi connectivity index (χ1) is 35.4. The number of carbonyl (C=O) groups is 7. The summed E-state index contributed by atoms with van der Waals surface area (Å²) in [5.41, 5.74) is 2.46. The molecule has 2 aromatic carbocycles. The lowest BCUT2D eigenvalue weighted by Gasteiger charge is -2.59. The highest BCUT2D eigenvalue weighted by Crippen LogP contribution is 2.50. The third-order valence-corrected chi connectivity index (χ3v) is 14.4. The van der Waals surface area contributed by atoms with Crippen molar-refractivity contribution in [3.8, 4) is 5.75 Å². The standard InChI is InChI=1S/C52H70ClN9O13/c1-31-14-13-17-39(72-10)52(70)25-41(74-49(69)58-52)51(4)30-50(3,75-51)40(24-45(66)61(8)37-21-33(20-31)22-38(71-9)47(37)53)73-48(68)32(2)60(7)46(67)28-57-44(65)27-56-43(64)26-55-42(63)18-19-62-35(29-59(6)54-5)23-34-15-11-12-16-36(34)62/h11-17,21-23,32,39-41,54,70H,18-20,24-30H2,1-10H3,(H,55,63)(H,56,64)(H,57,65)(H,58,69)/b17-13+,31-14+/t32-,39+,40-,41-,50+,51?,52-/m0/s1. The number of aromatic nitrogens is 1. The maximum absolute atomic E-state index is 14.3. The Morgan fingerprint density at radius 3 is 2.32 bits per heavy atom. The lowest BCUT2D eigenvalue weighted by atomic mass is 9.72. The Morgan fingerprint density at radius 1 is 0.987 bits per heavy atom. The molecule has 4 aliphatic rings. The third-order valence-electron chi connectivity index (χ3n) is 14.0. The summed E-state index contributed by atoms with van der Waals surface area (Å²) in [7, 11) is 9.44. The van der Waals surface area contributed by atoms with Gasteiger partial charge in [-0.05, 0) is 76.4 Å². The monoisotopic (exact) mass is 1060 g/mol. The number of benzene rings is 2. The first-order valence-electron chi connectivity index (χ1n) is 24.6. The lowest BCUT2D eigenvalue weighted by Crippen LogP contribution is -2.72. The summed E-state index contributed by atoms with van der Waals surface area (Å²) in [6.45, 7) is 6.16. The molecule has 5 heterocycles. The molecule has 1 aromatic heterocycles. The van der Waals surface area contributed by atoms with Gasteiger partial charge in [-0.3, -0.25) is 34.7 Å². The predicted molar refractivity (Wildman–Crippen MR) is 277 cm³/mol. The summed E-state index contributed by atoms with van der Waals surface area (Å²) >= 11 is 6.80. The van der Waals surface area contributed by atoms with Gasteiger partial charge in [0.25, 0.3) is 0 Å². The molecule has 6 N–H and O–H groups in total. The van der Waals surface area contributed by atoms with Crippen LogP contribution in [0.15, 0.2) is 66.3 Å². The summed E-state index contributed by atoms with van der Waals surface area (Å²) in [6, 6.07) is 12.2. The average molecular weight is 1060 g/mol. The van der Waals surface area contributed by atoms with Gasteiger partial charge in [-0.25, -0.2) is 14.6 Å². The number of halogens is 1. The zero-order valence-electron chi connectivity index (χ0n) is 44.2. The van der Waals surface area contributed by atoms with Crippen LogP contribution in [-0.2, 0) is 67.2 Å². The number of aliphatic hydroxyl groups is 1. The molecule has 0 radical (unpaired) electrons. The number of aryl methyl sites for hydroxylation is 1. The number of amides is 6. The Balaban J connectivity index is 1.07. The molecular weight excluding hydrogens is 994 g/mol. The molecule has 75 heavy (non-hydrogen) atoms. The van der Waals surface area contributed by atoms with Crippen LogP contribution in [0.25, 0.3) is 10.9 Å². The Labute approximate surface area is 441 Å². The molecule has 0 saturated carbocycles. The highest BCUT2D eigenvalue weighted by atomic mass is 35.5. The van der Waals surface area contributed by atoms with E-state index in [1.54, 1.807) is 38.1 Å². The van der Waals surface area contributed by atoms with E-state index in [0.717, 1.165) is 32.6 Å². The minimum absolute atomic E-state index is 0.0723. The highest BCUT2D eigenvalue weighted by Gasteiger charge is 2.63. The Kier molecular flexibility index (Phi) is 18.8. The van der Waals surface area contributed by atoms with Crippen LogP contribution in [0.5, 0.6) is 5.75 Å². The quantitative estimate of drug-likeness (QED) is 0.0839. The van der Waals surface area contributed by atoms with Crippen molar-refractivity contribution in [2.24, 2.45) is 0 Å². The zero-order valence-corrected chi connectivity index (χ0v) is 44.9. The summed E-state index contributed by atoms with van der Waals surface area (Å²) in [6.07, 6.45) is 0.880. The minimum Gasteiger partial charge on any atom is -0.495 e. The smallest absolute Gasteiger partial charge is 0.409 e. The van der Waals surface area contributed by atoms with E-state index in [1.165, 1.54) is 40.1 Å². The average Bonchev–Trinajstić information content (AvgIpc) is 3.71. The van der Waals surface area contributed by atoms with Crippen molar-refractivity contribution in [3.05, 3.63) is 82.5 Å². The van der Waals surface area contributed by atoms with Gasteiger partial charge < -0.3 is 59.1 Å². The van der Waals surface area contributed by atoms with Gasteiger partial charge in [0.1, 0.15) is 46.3 Å². The molecule has 0 spiro atoms. The number of carbonyl (C=O) groups excluding carboxylic acids is 7. The van der Waals surface area contributed by atoms with Gasteiger partial charge in [-0.2, -0.15) is 0 Å². The number of methoxy groups -OCH3 is 2. The molecule has 4 aliphatic heterocycles. The Hall–Kier alpha value is -6.56. The second-order valence-corrected chi connectivity index (χ2v) is 20.1. The maximum Gasteiger partial charge on any atom is 0.409 e.